The van der Waals surface area contributed by atoms with E-state index in [9.17, 15) is 0 Å². The van der Waals surface area contributed by atoms with Crippen molar-refractivity contribution in [3.63, 3.8) is 0 Å². The summed E-state index contributed by atoms with van der Waals surface area (Å²) in [6.45, 7) is 11.4. The highest BCUT2D eigenvalue weighted by atomic mass is 15.2. The molecule has 0 bridgehead atoms. The molecule has 0 aliphatic carbocycles. The first-order valence-electron chi connectivity index (χ1n) is 6.70. The number of nitrogens with one attached hydrogen (secondary N) is 1. The Morgan fingerprint density at radius 1 is 1.33 bits per heavy atom. The minimum atomic E-state index is 0.327. The monoisotopic (exact) mass is 251 g/mol. The van der Waals surface area contributed by atoms with E-state index in [1.807, 2.05) is 6.07 Å². The summed E-state index contributed by atoms with van der Waals surface area (Å²) in [6.07, 6.45) is 1.06. The maximum absolute atomic E-state index is 5.77. The van der Waals surface area contributed by atoms with Crippen LogP contribution in [0, 0.1) is 5.92 Å². The highest BCUT2D eigenvalue weighted by Gasteiger charge is 2.10. The van der Waals surface area contributed by atoms with E-state index >= 15 is 0 Å². The highest BCUT2D eigenvalue weighted by molar-refractivity contribution is 5.52. The third kappa shape index (κ3) is 4.39. The fourth-order valence-electron chi connectivity index (χ4n) is 1.78. The molecular weight excluding hydrogens is 226 g/mol. The lowest BCUT2D eigenvalue weighted by atomic mass is 10.2. The van der Waals surface area contributed by atoms with E-state index in [0.29, 0.717) is 11.9 Å². The predicted octanol–water partition coefficient (Wildman–Crippen LogP) is 2.36. The summed E-state index contributed by atoms with van der Waals surface area (Å²) in [5.74, 6) is 2.63. The molecule has 5 nitrogen and oxygen atoms in total. The summed E-state index contributed by atoms with van der Waals surface area (Å²) < 4.78 is 0. The molecule has 102 valence electrons. The topological polar surface area (TPSA) is 67.1 Å². The van der Waals surface area contributed by atoms with E-state index in [-0.39, 0.29) is 0 Å². The molecule has 1 heterocycles. The molecule has 1 aromatic rings. The number of hydrogen-bond acceptors (Lipinski definition) is 5. The van der Waals surface area contributed by atoms with Gasteiger partial charge in [0.1, 0.15) is 11.6 Å². The van der Waals surface area contributed by atoms with Gasteiger partial charge >= 0.3 is 0 Å². The van der Waals surface area contributed by atoms with Crippen LogP contribution in [0.25, 0.3) is 0 Å². The van der Waals surface area contributed by atoms with Crippen molar-refractivity contribution in [2.75, 3.05) is 35.6 Å². The van der Waals surface area contributed by atoms with Crippen molar-refractivity contribution in [3.05, 3.63) is 6.07 Å². The molecule has 0 aliphatic rings. The molecule has 0 aliphatic heterocycles. The van der Waals surface area contributed by atoms with Crippen molar-refractivity contribution in [1.82, 2.24) is 9.97 Å². The average molecular weight is 251 g/mol. The van der Waals surface area contributed by atoms with Crippen LogP contribution in [0.3, 0.4) is 0 Å². The number of rotatable bonds is 7. The van der Waals surface area contributed by atoms with Gasteiger partial charge in [-0.05, 0) is 19.3 Å². The minimum absolute atomic E-state index is 0.327. The summed E-state index contributed by atoms with van der Waals surface area (Å²) in [7, 11) is 0. The average Bonchev–Trinajstić information content (AvgIpc) is 2.32. The van der Waals surface area contributed by atoms with E-state index < -0.39 is 0 Å². The lowest BCUT2D eigenvalue weighted by Gasteiger charge is -2.24. The number of anilines is 3. The Morgan fingerprint density at radius 2 is 2.06 bits per heavy atom. The zero-order valence-corrected chi connectivity index (χ0v) is 11.9. The number of aromatic nitrogens is 2. The summed E-state index contributed by atoms with van der Waals surface area (Å²) >= 11 is 0. The first kappa shape index (κ1) is 14.5. The van der Waals surface area contributed by atoms with E-state index in [2.05, 4.69) is 47.9 Å². The molecule has 0 unspecified atom stereocenters. The molecule has 18 heavy (non-hydrogen) atoms. The Bertz CT molecular complexity index is 364. The van der Waals surface area contributed by atoms with Crippen LogP contribution >= 0.6 is 0 Å². The minimum Gasteiger partial charge on any atom is -0.370 e. The standard InChI is InChI=1S/C13H25N5/c1-5-7-15-11-8-12(17-13(14)16-11)18(6-2)9-10(3)4/h8,10H,5-7,9H2,1-4H3,(H3,14,15,16,17). The molecule has 0 aromatic carbocycles. The fourth-order valence-corrected chi connectivity index (χ4v) is 1.78. The molecule has 3 N–H and O–H groups in total. The third-order valence-corrected chi connectivity index (χ3v) is 2.58. The van der Waals surface area contributed by atoms with Gasteiger partial charge in [0.25, 0.3) is 0 Å². The van der Waals surface area contributed by atoms with Crippen molar-refractivity contribution in [3.8, 4) is 0 Å². The van der Waals surface area contributed by atoms with Gasteiger partial charge in [-0.1, -0.05) is 20.8 Å². The number of hydrogen-bond donors (Lipinski definition) is 2. The van der Waals surface area contributed by atoms with Crippen LogP contribution in [0.15, 0.2) is 6.07 Å². The Balaban J connectivity index is 2.88. The van der Waals surface area contributed by atoms with E-state index in [1.165, 1.54) is 0 Å². The summed E-state index contributed by atoms with van der Waals surface area (Å²) in [6, 6.07) is 1.97. The van der Waals surface area contributed by atoms with Gasteiger partial charge in [0.05, 0.1) is 0 Å². The Labute approximate surface area is 110 Å². The molecule has 1 rings (SSSR count). The molecule has 0 spiro atoms. The Morgan fingerprint density at radius 3 is 2.61 bits per heavy atom. The highest BCUT2D eigenvalue weighted by Crippen LogP contribution is 2.18. The first-order valence-corrected chi connectivity index (χ1v) is 6.70. The molecule has 1 aromatic heterocycles. The van der Waals surface area contributed by atoms with Gasteiger partial charge in [0, 0.05) is 25.7 Å². The van der Waals surface area contributed by atoms with Crippen molar-refractivity contribution >= 4 is 17.6 Å². The van der Waals surface area contributed by atoms with E-state index in [0.717, 1.165) is 37.7 Å². The number of nitrogens with two attached hydrogens (primary N) is 1. The summed E-state index contributed by atoms with van der Waals surface area (Å²) in [5, 5.41) is 3.25. The second-order valence-corrected chi connectivity index (χ2v) is 4.83. The zero-order chi connectivity index (χ0) is 13.5. The fraction of sp³-hybridized carbons (Fsp3) is 0.692. The third-order valence-electron chi connectivity index (χ3n) is 2.58. The molecule has 0 atom stereocenters. The summed E-state index contributed by atoms with van der Waals surface area (Å²) in [4.78, 5) is 10.7. The lowest BCUT2D eigenvalue weighted by molar-refractivity contribution is 0.614. The smallest absolute Gasteiger partial charge is 0.223 e. The molecule has 5 heteroatoms. The number of nitrogens with zero attached hydrogens (tertiary/aromatic N) is 3. The normalized spacial score (nSPS) is 10.7. The molecular formula is C13H25N5. The lowest BCUT2D eigenvalue weighted by Crippen LogP contribution is -2.28. The van der Waals surface area contributed by atoms with Crippen molar-refractivity contribution in [1.29, 1.82) is 0 Å². The van der Waals surface area contributed by atoms with Crippen LogP contribution < -0.4 is 16.0 Å². The van der Waals surface area contributed by atoms with Gasteiger partial charge in [-0.25, -0.2) is 0 Å². The van der Waals surface area contributed by atoms with Gasteiger partial charge in [-0.3, -0.25) is 0 Å². The van der Waals surface area contributed by atoms with Crippen LogP contribution in [0.4, 0.5) is 17.6 Å². The molecule has 0 radical (unpaired) electrons. The van der Waals surface area contributed by atoms with E-state index in [1.54, 1.807) is 0 Å². The maximum Gasteiger partial charge on any atom is 0.223 e. The predicted molar refractivity (Wildman–Crippen MR) is 78.0 cm³/mol. The van der Waals surface area contributed by atoms with Crippen molar-refractivity contribution in [2.45, 2.75) is 34.1 Å². The molecule has 0 amide bonds. The van der Waals surface area contributed by atoms with Crippen molar-refractivity contribution in [2.24, 2.45) is 5.92 Å². The molecule has 0 fully saturated rings. The van der Waals surface area contributed by atoms with Gasteiger partial charge < -0.3 is 16.0 Å². The quantitative estimate of drug-likeness (QED) is 0.778. The first-order chi connectivity index (χ1) is 8.56. The van der Waals surface area contributed by atoms with E-state index in [4.69, 9.17) is 5.73 Å². The molecule has 0 saturated heterocycles. The van der Waals surface area contributed by atoms with Gasteiger partial charge in [0.15, 0.2) is 0 Å². The maximum atomic E-state index is 5.77. The van der Waals surface area contributed by atoms with Crippen LogP contribution in [0.1, 0.15) is 34.1 Å². The largest absolute Gasteiger partial charge is 0.370 e. The van der Waals surface area contributed by atoms with Crippen LogP contribution in [-0.4, -0.2) is 29.6 Å². The zero-order valence-electron chi connectivity index (χ0n) is 11.9. The van der Waals surface area contributed by atoms with Gasteiger partial charge in [-0.15, -0.1) is 0 Å². The molecule has 0 saturated carbocycles. The second-order valence-electron chi connectivity index (χ2n) is 4.83. The van der Waals surface area contributed by atoms with Crippen LogP contribution in [-0.2, 0) is 0 Å². The summed E-state index contributed by atoms with van der Waals surface area (Å²) in [5.41, 5.74) is 5.77. The van der Waals surface area contributed by atoms with Gasteiger partial charge in [0.2, 0.25) is 5.95 Å². The second kappa shape index (κ2) is 7.03. The van der Waals surface area contributed by atoms with Crippen molar-refractivity contribution < 1.29 is 0 Å². The SMILES string of the molecule is CCCNc1cc(N(CC)CC(C)C)nc(N)n1. The van der Waals surface area contributed by atoms with Crippen LogP contribution in [0.2, 0.25) is 0 Å². The Hall–Kier alpha value is -1.52. The van der Waals surface area contributed by atoms with Crippen LogP contribution in [0.5, 0.6) is 0 Å². The Kier molecular flexibility index (Phi) is 5.68. The van der Waals surface area contributed by atoms with Gasteiger partial charge in [-0.2, -0.15) is 9.97 Å². The number of nitrogen functional groups attached to an aromatic ring is 1.